The fourth-order valence-electron chi connectivity index (χ4n) is 2.15. The van der Waals surface area contributed by atoms with Crippen molar-refractivity contribution in [2.75, 3.05) is 7.05 Å². The molecule has 0 heterocycles. The Morgan fingerprint density at radius 3 is 2.05 bits per heavy atom. The smallest absolute Gasteiger partial charge is 0.308 e. The van der Waals surface area contributed by atoms with Gasteiger partial charge in [-0.1, -0.05) is 32.0 Å². The Morgan fingerprint density at radius 1 is 1.05 bits per heavy atom. The van der Waals surface area contributed by atoms with Crippen LogP contribution in [-0.4, -0.2) is 19.1 Å². The van der Waals surface area contributed by atoms with Crippen molar-refractivity contribution in [3.63, 3.8) is 0 Å². The molecule has 1 nitrogen and oxygen atoms in total. The van der Waals surface area contributed by atoms with Crippen LogP contribution in [0, 0.1) is 0 Å². The number of rotatable bonds is 5. The summed E-state index contributed by atoms with van der Waals surface area (Å²) < 4.78 is 65.0. The van der Waals surface area contributed by atoms with Crippen LogP contribution in [0.5, 0.6) is 0 Å². The molecule has 1 atom stereocenters. The molecule has 1 unspecified atom stereocenters. The molecule has 1 rings (SSSR count). The van der Waals surface area contributed by atoms with Crippen molar-refractivity contribution in [2.24, 2.45) is 0 Å². The second kappa shape index (κ2) is 6.08. The third-order valence-electron chi connectivity index (χ3n) is 3.34. The molecule has 1 aromatic carbocycles. The summed E-state index contributed by atoms with van der Waals surface area (Å²) in [4.78, 5) is 0. The zero-order valence-electron chi connectivity index (χ0n) is 11.6. The van der Waals surface area contributed by atoms with E-state index in [0.717, 1.165) is 12.6 Å². The minimum atomic E-state index is -5.59. The molecule has 0 spiro atoms. The fourth-order valence-corrected chi connectivity index (χ4v) is 2.15. The standard InChI is InChI=1S/C14H18F5N/c1-4-9-6-7-10(5-2)11(8-9)12(20-3)13(15,16)14(17,18)19/h6-8,12,20H,4-5H2,1-3H3. The van der Waals surface area contributed by atoms with E-state index in [4.69, 9.17) is 0 Å². The molecular weight excluding hydrogens is 277 g/mol. The van der Waals surface area contributed by atoms with Gasteiger partial charge in [-0.2, -0.15) is 22.0 Å². The van der Waals surface area contributed by atoms with Gasteiger partial charge in [0.1, 0.15) is 6.04 Å². The molecule has 0 fully saturated rings. The van der Waals surface area contributed by atoms with Crippen LogP contribution in [0.4, 0.5) is 22.0 Å². The van der Waals surface area contributed by atoms with Crippen molar-refractivity contribution in [1.82, 2.24) is 5.32 Å². The van der Waals surface area contributed by atoms with E-state index in [-0.39, 0.29) is 5.56 Å². The molecule has 1 aromatic rings. The summed E-state index contributed by atoms with van der Waals surface area (Å²) in [5.74, 6) is -4.82. The topological polar surface area (TPSA) is 12.0 Å². The highest BCUT2D eigenvalue weighted by molar-refractivity contribution is 5.36. The highest BCUT2D eigenvalue weighted by atomic mass is 19.4. The monoisotopic (exact) mass is 295 g/mol. The summed E-state index contributed by atoms with van der Waals surface area (Å²) >= 11 is 0. The summed E-state index contributed by atoms with van der Waals surface area (Å²) in [5, 5.41) is 2.12. The van der Waals surface area contributed by atoms with Crippen LogP contribution in [0.25, 0.3) is 0 Å². The van der Waals surface area contributed by atoms with Gasteiger partial charge in [-0.25, -0.2) is 0 Å². The van der Waals surface area contributed by atoms with Gasteiger partial charge in [-0.3, -0.25) is 0 Å². The number of hydrogen-bond acceptors (Lipinski definition) is 1. The molecule has 6 heteroatoms. The largest absolute Gasteiger partial charge is 0.455 e. The van der Waals surface area contributed by atoms with Gasteiger partial charge < -0.3 is 5.32 Å². The first-order valence-electron chi connectivity index (χ1n) is 6.42. The molecule has 0 amide bonds. The van der Waals surface area contributed by atoms with Crippen LogP contribution in [0.3, 0.4) is 0 Å². The van der Waals surface area contributed by atoms with Crippen molar-refractivity contribution >= 4 is 0 Å². The van der Waals surface area contributed by atoms with E-state index in [1.54, 1.807) is 19.1 Å². The summed E-state index contributed by atoms with van der Waals surface area (Å²) in [7, 11) is 1.11. The summed E-state index contributed by atoms with van der Waals surface area (Å²) in [6.45, 7) is 3.55. The number of benzene rings is 1. The van der Waals surface area contributed by atoms with E-state index < -0.39 is 18.1 Å². The van der Waals surface area contributed by atoms with Crippen molar-refractivity contribution in [3.8, 4) is 0 Å². The lowest BCUT2D eigenvalue weighted by atomic mass is 9.91. The molecule has 0 aromatic heterocycles. The Labute approximate surface area is 115 Å². The number of alkyl halides is 5. The third kappa shape index (κ3) is 3.11. The van der Waals surface area contributed by atoms with Crippen LogP contribution >= 0.6 is 0 Å². The molecule has 114 valence electrons. The highest BCUT2D eigenvalue weighted by Gasteiger charge is 2.62. The molecule has 1 N–H and O–H groups in total. The number of aryl methyl sites for hydroxylation is 2. The van der Waals surface area contributed by atoms with Crippen molar-refractivity contribution in [1.29, 1.82) is 0 Å². The van der Waals surface area contributed by atoms with Crippen molar-refractivity contribution in [3.05, 3.63) is 34.9 Å². The molecular formula is C14H18F5N. The molecule has 0 aliphatic heterocycles. The van der Waals surface area contributed by atoms with E-state index in [2.05, 4.69) is 5.32 Å². The van der Waals surface area contributed by atoms with Gasteiger partial charge >= 0.3 is 12.1 Å². The number of halogens is 5. The van der Waals surface area contributed by atoms with Gasteiger partial charge in [0, 0.05) is 0 Å². The lowest BCUT2D eigenvalue weighted by molar-refractivity contribution is -0.294. The van der Waals surface area contributed by atoms with Gasteiger partial charge in [-0.15, -0.1) is 0 Å². The Hall–Kier alpha value is -1.17. The summed E-state index contributed by atoms with van der Waals surface area (Å²) in [6, 6.07) is 2.72. The molecule has 0 saturated heterocycles. The lowest BCUT2D eigenvalue weighted by Crippen LogP contribution is -2.47. The Bertz CT molecular complexity index is 453. The molecule has 0 bridgehead atoms. The molecule has 0 saturated carbocycles. The van der Waals surface area contributed by atoms with Gasteiger partial charge in [0.2, 0.25) is 0 Å². The van der Waals surface area contributed by atoms with E-state index in [1.165, 1.54) is 6.07 Å². The second-order valence-electron chi connectivity index (χ2n) is 4.58. The Balaban J connectivity index is 3.38. The zero-order valence-corrected chi connectivity index (χ0v) is 11.6. The Kier molecular flexibility index (Phi) is 5.13. The maximum atomic E-state index is 13.6. The number of hydrogen-bond donors (Lipinski definition) is 1. The SMILES string of the molecule is CCc1ccc(CC)c(C(NC)C(F)(F)C(F)(F)F)c1. The van der Waals surface area contributed by atoms with Crippen LogP contribution in [0.1, 0.15) is 36.6 Å². The first-order valence-corrected chi connectivity index (χ1v) is 6.42. The average Bonchev–Trinajstić information content (AvgIpc) is 2.37. The van der Waals surface area contributed by atoms with E-state index in [0.29, 0.717) is 18.4 Å². The minimum absolute atomic E-state index is 0.0108. The Morgan fingerprint density at radius 2 is 1.65 bits per heavy atom. The summed E-state index contributed by atoms with van der Waals surface area (Å²) in [6.07, 6.45) is -4.62. The first kappa shape index (κ1) is 16.9. The predicted octanol–water partition coefficient (Wildman–Crippen LogP) is 4.27. The third-order valence-corrected chi connectivity index (χ3v) is 3.34. The summed E-state index contributed by atoms with van der Waals surface area (Å²) in [5.41, 5.74) is 1.23. The van der Waals surface area contributed by atoms with Gasteiger partial charge in [0.05, 0.1) is 0 Å². The predicted molar refractivity (Wildman–Crippen MR) is 68.0 cm³/mol. The van der Waals surface area contributed by atoms with Crippen molar-refractivity contribution < 1.29 is 22.0 Å². The maximum absolute atomic E-state index is 13.6. The van der Waals surface area contributed by atoms with E-state index >= 15 is 0 Å². The molecule has 0 aliphatic rings. The fraction of sp³-hybridized carbons (Fsp3) is 0.571. The average molecular weight is 295 g/mol. The maximum Gasteiger partial charge on any atom is 0.455 e. The number of nitrogens with one attached hydrogen (secondary N) is 1. The quantitative estimate of drug-likeness (QED) is 0.800. The van der Waals surface area contributed by atoms with Gasteiger partial charge in [0.25, 0.3) is 0 Å². The normalized spacial score (nSPS) is 14.4. The van der Waals surface area contributed by atoms with Gasteiger partial charge in [0.15, 0.2) is 0 Å². The van der Waals surface area contributed by atoms with Crippen LogP contribution in [0.15, 0.2) is 18.2 Å². The first-order chi connectivity index (χ1) is 9.18. The van der Waals surface area contributed by atoms with Crippen LogP contribution in [-0.2, 0) is 12.8 Å². The van der Waals surface area contributed by atoms with Crippen molar-refractivity contribution in [2.45, 2.75) is 44.8 Å². The minimum Gasteiger partial charge on any atom is -0.308 e. The molecule has 0 aliphatic carbocycles. The molecule has 0 radical (unpaired) electrons. The van der Waals surface area contributed by atoms with Crippen LogP contribution < -0.4 is 5.32 Å². The molecule has 20 heavy (non-hydrogen) atoms. The van der Waals surface area contributed by atoms with Crippen LogP contribution in [0.2, 0.25) is 0 Å². The second-order valence-corrected chi connectivity index (χ2v) is 4.58. The van der Waals surface area contributed by atoms with Gasteiger partial charge in [-0.05, 0) is 36.6 Å². The van der Waals surface area contributed by atoms with E-state index in [1.807, 2.05) is 6.92 Å². The van der Waals surface area contributed by atoms with E-state index in [9.17, 15) is 22.0 Å². The highest BCUT2D eigenvalue weighted by Crippen LogP contribution is 2.45. The lowest BCUT2D eigenvalue weighted by Gasteiger charge is -2.30. The zero-order chi connectivity index (χ0) is 15.6.